The zero-order valence-electron chi connectivity index (χ0n) is 27.0. The van der Waals surface area contributed by atoms with Gasteiger partial charge in [-0.2, -0.15) is 0 Å². The third-order valence-corrected chi connectivity index (χ3v) is 9.30. The van der Waals surface area contributed by atoms with Crippen LogP contribution in [0.5, 0.6) is 0 Å². The molecule has 0 aliphatic heterocycles. The Morgan fingerprint density at radius 2 is 1.22 bits per heavy atom. The molecule has 1 unspecified atom stereocenters. The van der Waals surface area contributed by atoms with Crippen molar-refractivity contribution in [1.82, 2.24) is 30.0 Å². The average Bonchev–Trinajstić information content (AvgIpc) is 3.77. The summed E-state index contributed by atoms with van der Waals surface area (Å²) < 4.78 is 2.24. The van der Waals surface area contributed by atoms with E-state index >= 15 is 0 Å². The standard InChI is InChI=1S/C42H34N6O/c1-29(30-14-6-2-7-15-30)28-44-41(49)40-45-36-26-35-38(27-37(36)46-40)48(47-39(35)31-22-24-43-25-23-31)42(32-16-8-3-9-17-32,33-18-10-4-11-19-33)34-20-12-5-13-21-34/h2-27,29,47H,28H2,1H3,(H,44,49). The molecular weight excluding hydrogens is 605 g/mol. The second-order valence-electron chi connectivity index (χ2n) is 12.3. The number of aromatic amines is 1. The highest BCUT2D eigenvalue weighted by atomic mass is 16.2. The molecule has 3 aromatic heterocycles. The van der Waals surface area contributed by atoms with E-state index < -0.39 is 5.54 Å². The summed E-state index contributed by atoms with van der Waals surface area (Å²) in [6.45, 7) is 2.58. The van der Waals surface area contributed by atoms with Gasteiger partial charge in [0.15, 0.2) is 0 Å². The molecule has 0 saturated carbocycles. The van der Waals surface area contributed by atoms with Crippen LogP contribution in [0.1, 0.15) is 45.7 Å². The Balaban J connectivity index is 1.34. The van der Waals surface area contributed by atoms with Gasteiger partial charge in [0.2, 0.25) is 5.82 Å². The summed E-state index contributed by atoms with van der Waals surface area (Å²) in [5.74, 6) is 0.0153. The van der Waals surface area contributed by atoms with Crippen LogP contribution in [0.15, 0.2) is 158 Å². The molecule has 1 amide bonds. The van der Waals surface area contributed by atoms with Crippen molar-refractivity contribution in [3.05, 3.63) is 186 Å². The highest BCUT2D eigenvalue weighted by Gasteiger charge is 2.40. The van der Waals surface area contributed by atoms with Gasteiger partial charge in [-0.15, -0.1) is 0 Å². The number of fused-ring (bicyclic) bond motifs is 2. The van der Waals surface area contributed by atoms with E-state index in [1.807, 2.05) is 60.7 Å². The van der Waals surface area contributed by atoms with Gasteiger partial charge in [-0.3, -0.25) is 19.6 Å². The number of hydrogen-bond acceptors (Lipinski definition) is 4. The molecule has 0 saturated heterocycles. The lowest BCUT2D eigenvalue weighted by Gasteiger charge is -2.37. The molecular formula is C42H34N6O. The lowest BCUT2D eigenvalue weighted by molar-refractivity contribution is 0.0942. The fourth-order valence-electron chi connectivity index (χ4n) is 6.87. The summed E-state index contributed by atoms with van der Waals surface area (Å²) in [6, 6.07) is 49.9. The van der Waals surface area contributed by atoms with Crippen molar-refractivity contribution in [2.24, 2.45) is 0 Å². The lowest BCUT2D eigenvalue weighted by atomic mass is 9.77. The number of nitrogens with zero attached hydrogens (tertiary/aromatic N) is 4. The van der Waals surface area contributed by atoms with Crippen LogP contribution in [0.2, 0.25) is 0 Å². The van der Waals surface area contributed by atoms with Gasteiger partial charge in [-0.1, -0.05) is 128 Å². The number of carbonyl (C=O) groups is 1. The number of amides is 1. The van der Waals surface area contributed by atoms with Crippen LogP contribution >= 0.6 is 0 Å². The summed E-state index contributed by atoms with van der Waals surface area (Å²) in [5.41, 5.74) is 7.74. The summed E-state index contributed by atoms with van der Waals surface area (Å²) >= 11 is 0. The predicted octanol–water partition coefficient (Wildman–Crippen LogP) is 8.35. The number of imidazole rings is 1. The maximum atomic E-state index is 13.4. The molecule has 2 N–H and O–H groups in total. The Hall–Kier alpha value is -6.34. The molecule has 5 aromatic carbocycles. The highest BCUT2D eigenvalue weighted by Crippen LogP contribution is 2.44. The van der Waals surface area contributed by atoms with E-state index in [4.69, 9.17) is 9.97 Å². The first-order valence-electron chi connectivity index (χ1n) is 16.5. The molecule has 0 radical (unpaired) electrons. The number of carbonyl (C=O) groups excluding carboxylic acids is 1. The minimum absolute atomic E-state index is 0.151. The second kappa shape index (κ2) is 12.7. The van der Waals surface area contributed by atoms with E-state index in [0.717, 1.165) is 38.9 Å². The topological polar surface area (TPSA) is 88.5 Å². The van der Waals surface area contributed by atoms with Crippen molar-refractivity contribution in [2.75, 3.05) is 6.54 Å². The lowest BCUT2D eigenvalue weighted by Crippen LogP contribution is -2.38. The molecule has 7 heteroatoms. The molecule has 0 fully saturated rings. The molecule has 49 heavy (non-hydrogen) atoms. The van der Waals surface area contributed by atoms with Crippen molar-refractivity contribution < 1.29 is 4.79 Å². The largest absolute Gasteiger partial charge is 0.349 e. The number of nitrogens with one attached hydrogen (secondary N) is 2. The van der Waals surface area contributed by atoms with Crippen molar-refractivity contribution in [3.63, 3.8) is 0 Å². The number of H-pyrrole nitrogens is 1. The fourth-order valence-corrected chi connectivity index (χ4v) is 6.87. The van der Waals surface area contributed by atoms with E-state index in [9.17, 15) is 4.79 Å². The monoisotopic (exact) mass is 638 g/mol. The van der Waals surface area contributed by atoms with Gasteiger partial charge in [-0.25, -0.2) is 9.97 Å². The van der Waals surface area contributed by atoms with Gasteiger partial charge in [0.25, 0.3) is 5.91 Å². The summed E-state index contributed by atoms with van der Waals surface area (Å²) in [7, 11) is 0. The normalized spacial score (nSPS) is 12.3. The van der Waals surface area contributed by atoms with Crippen molar-refractivity contribution in [3.8, 4) is 11.3 Å². The predicted molar refractivity (Wildman–Crippen MR) is 194 cm³/mol. The minimum atomic E-state index is -0.797. The van der Waals surface area contributed by atoms with Gasteiger partial charge < -0.3 is 5.32 Å². The molecule has 3 heterocycles. The first-order chi connectivity index (χ1) is 24.1. The molecule has 0 bridgehead atoms. The molecule has 238 valence electrons. The number of aromatic nitrogens is 5. The number of benzene rings is 5. The number of hydrogen-bond donors (Lipinski definition) is 2. The Morgan fingerprint density at radius 1 is 0.714 bits per heavy atom. The molecule has 8 aromatic rings. The fraction of sp³-hybridized carbons (Fsp3) is 0.0952. The molecule has 7 nitrogen and oxygen atoms in total. The highest BCUT2D eigenvalue weighted by molar-refractivity contribution is 6.03. The summed E-state index contributed by atoms with van der Waals surface area (Å²) in [4.78, 5) is 27.2. The van der Waals surface area contributed by atoms with E-state index in [1.165, 1.54) is 5.56 Å². The Kier molecular flexibility index (Phi) is 7.78. The zero-order valence-corrected chi connectivity index (χ0v) is 27.0. The molecule has 0 aliphatic rings. The summed E-state index contributed by atoms with van der Waals surface area (Å²) in [6.07, 6.45) is 3.59. The molecule has 0 aliphatic carbocycles. The van der Waals surface area contributed by atoms with E-state index in [2.05, 4.69) is 112 Å². The van der Waals surface area contributed by atoms with Crippen molar-refractivity contribution in [2.45, 2.75) is 18.4 Å². The zero-order chi connectivity index (χ0) is 33.2. The average molecular weight is 639 g/mol. The van der Waals surface area contributed by atoms with Crippen molar-refractivity contribution >= 4 is 27.8 Å². The third-order valence-electron chi connectivity index (χ3n) is 9.30. The molecule has 8 rings (SSSR count). The van der Waals surface area contributed by atoms with Crippen LogP contribution in [0.4, 0.5) is 0 Å². The third kappa shape index (κ3) is 5.35. The van der Waals surface area contributed by atoms with Crippen LogP contribution in [0.25, 0.3) is 33.2 Å². The van der Waals surface area contributed by atoms with Crippen LogP contribution in [-0.4, -0.2) is 37.2 Å². The maximum absolute atomic E-state index is 13.4. The van der Waals surface area contributed by atoms with Crippen LogP contribution in [-0.2, 0) is 5.54 Å². The van der Waals surface area contributed by atoms with Gasteiger partial charge in [-0.05, 0) is 52.4 Å². The van der Waals surface area contributed by atoms with Gasteiger partial charge >= 0.3 is 0 Å². The Bertz CT molecular complexity index is 2260. The number of pyridine rings is 1. The second-order valence-corrected chi connectivity index (χ2v) is 12.3. The minimum Gasteiger partial charge on any atom is -0.349 e. The van der Waals surface area contributed by atoms with Crippen LogP contribution < -0.4 is 5.32 Å². The summed E-state index contributed by atoms with van der Waals surface area (Å²) in [5, 5.41) is 7.85. The Morgan fingerprint density at radius 3 is 1.78 bits per heavy atom. The van der Waals surface area contributed by atoms with Crippen molar-refractivity contribution in [1.29, 1.82) is 0 Å². The number of rotatable bonds is 9. The molecule has 0 spiro atoms. The quantitative estimate of drug-likeness (QED) is 0.156. The van der Waals surface area contributed by atoms with E-state index in [1.54, 1.807) is 12.4 Å². The SMILES string of the molecule is CC(CNC(=O)c1nc2cc3c(-c4ccncc4)[nH]n(C(c4ccccc4)(c4ccccc4)c4ccccc4)c3cc2n1)c1ccccc1. The first kappa shape index (κ1) is 30.0. The van der Waals surface area contributed by atoms with Gasteiger partial charge in [0, 0.05) is 29.9 Å². The van der Waals surface area contributed by atoms with Gasteiger partial charge in [0.1, 0.15) is 5.54 Å². The molecule has 1 atom stereocenters. The van der Waals surface area contributed by atoms with E-state index in [-0.39, 0.29) is 17.6 Å². The van der Waals surface area contributed by atoms with E-state index in [0.29, 0.717) is 17.6 Å². The smallest absolute Gasteiger partial charge is 0.289 e. The van der Waals surface area contributed by atoms with Crippen LogP contribution in [0, 0.1) is 0 Å². The first-order valence-corrected chi connectivity index (χ1v) is 16.5. The maximum Gasteiger partial charge on any atom is 0.289 e. The van der Waals surface area contributed by atoms with Crippen LogP contribution in [0.3, 0.4) is 0 Å². The van der Waals surface area contributed by atoms with Gasteiger partial charge in [0.05, 0.1) is 22.2 Å². The Labute approximate surface area is 284 Å².